The van der Waals surface area contributed by atoms with Gasteiger partial charge in [0.2, 0.25) is 0 Å². The summed E-state index contributed by atoms with van der Waals surface area (Å²) in [6, 6.07) is 1.86. The van der Waals surface area contributed by atoms with Gasteiger partial charge < -0.3 is 4.57 Å². The molecule has 0 unspecified atom stereocenters. The zero-order chi connectivity index (χ0) is 6.85. The van der Waals surface area contributed by atoms with Gasteiger partial charge in [-0.05, 0) is 6.07 Å². The first-order valence-corrected chi connectivity index (χ1v) is 3.52. The molecule has 0 aromatic carbocycles. The second kappa shape index (κ2) is 2.63. The summed E-state index contributed by atoms with van der Waals surface area (Å²) in [6.45, 7) is 0. The van der Waals surface area contributed by atoms with Gasteiger partial charge in [0, 0.05) is 18.9 Å². The van der Waals surface area contributed by atoms with Crippen molar-refractivity contribution >= 4 is 23.2 Å². The molecule has 1 aromatic rings. The molecule has 0 radical (unpaired) electrons. The molecule has 0 saturated heterocycles. The molecule has 1 heterocycles. The lowest BCUT2D eigenvalue weighted by molar-refractivity contribution is 0.873. The van der Waals surface area contributed by atoms with Crippen molar-refractivity contribution in [3.05, 3.63) is 23.0 Å². The average Bonchev–Trinajstić information content (AvgIpc) is 2.10. The SMILES string of the molecule is Cn1cc(Cl)cc1CCl. The quantitative estimate of drug-likeness (QED) is 0.561. The third-order valence-corrected chi connectivity index (χ3v) is 1.69. The lowest BCUT2D eigenvalue weighted by Crippen LogP contribution is -1.89. The Balaban J connectivity index is 3.01. The molecule has 0 spiro atoms. The van der Waals surface area contributed by atoms with Crippen molar-refractivity contribution in [3.63, 3.8) is 0 Å². The maximum absolute atomic E-state index is 5.66. The zero-order valence-electron chi connectivity index (χ0n) is 5.06. The van der Waals surface area contributed by atoms with Gasteiger partial charge in [-0.3, -0.25) is 0 Å². The Hall–Kier alpha value is -0.140. The standard InChI is InChI=1S/C6H7Cl2N/c1-9-4-5(8)2-6(9)3-7/h2,4H,3H2,1H3. The molecule has 0 atom stereocenters. The minimum Gasteiger partial charge on any atom is -0.352 e. The Kier molecular flexibility index (Phi) is 2.04. The summed E-state index contributed by atoms with van der Waals surface area (Å²) in [5.41, 5.74) is 1.04. The van der Waals surface area contributed by atoms with E-state index < -0.39 is 0 Å². The molecule has 0 amide bonds. The van der Waals surface area contributed by atoms with Crippen LogP contribution in [0.1, 0.15) is 5.69 Å². The van der Waals surface area contributed by atoms with E-state index in [0.29, 0.717) is 5.88 Å². The van der Waals surface area contributed by atoms with Crippen molar-refractivity contribution in [2.24, 2.45) is 7.05 Å². The van der Waals surface area contributed by atoms with Gasteiger partial charge in [0.25, 0.3) is 0 Å². The van der Waals surface area contributed by atoms with E-state index in [4.69, 9.17) is 23.2 Å². The summed E-state index contributed by atoms with van der Waals surface area (Å²) in [6.07, 6.45) is 1.83. The third-order valence-electron chi connectivity index (χ3n) is 1.21. The largest absolute Gasteiger partial charge is 0.352 e. The van der Waals surface area contributed by atoms with Gasteiger partial charge in [0.15, 0.2) is 0 Å². The van der Waals surface area contributed by atoms with Gasteiger partial charge in [0.1, 0.15) is 0 Å². The van der Waals surface area contributed by atoms with Crippen molar-refractivity contribution < 1.29 is 0 Å². The van der Waals surface area contributed by atoms with Crippen LogP contribution in [-0.4, -0.2) is 4.57 Å². The van der Waals surface area contributed by atoms with Crippen LogP contribution < -0.4 is 0 Å². The Morgan fingerprint density at radius 1 is 1.67 bits per heavy atom. The van der Waals surface area contributed by atoms with Gasteiger partial charge in [-0.15, -0.1) is 11.6 Å². The van der Waals surface area contributed by atoms with Crippen LogP contribution in [-0.2, 0) is 12.9 Å². The highest BCUT2D eigenvalue weighted by Crippen LogP contribution is 2.13. The van der Waals surface area contributed by atoms with E-state index in [2.05, 4.69) is 0 Å². The van der Waals surface area contributed by atoms with Crippen LogP contribution in [0.5, 0.6) is 0 Å². The van der Waals surface area contributed by atoms with Crippen molar-refractivity contribution in [1.82, 2.24) is 4.57 Å². The molecule has 0 saturated carbocycles. The topological polar surface area (TPSA) is 4.93 Å². The van der Waals surface area contributed by atoms with E-state index in [0.717, 1.165) is 10.7 Å². The number of hydrogen-bond donors (Lipinski definition) is 0. The number of hydrogen-bond acceptors (Lipinski definition) is 0. The van der Waals surface area contributed by atoms with Crippen molar-refractivity contribution in [2.75, 3.05) is 0 Å². The predicted molar refractivity (Wildman–Crippen MR) is 40.0 cm³/mol. The molecule has 50 valence electrons. The molecule has 0 aliphatic rings. The number of aromatic nitrogens is 1. The molecule has 0 aliphatic carbocycles. The molecule has 0 fully saturated rings. The molecule has 1 aromatic heterocycles. The fourth-order valence-electron chi connectivity index (χ4n) is 0.699. The van der Waals surface area contributed by atoms with Crippen LogP contribution >= 0.6 is 23.2 Å². The van der Waals surface area contributed by atoms with Crippen molar-refractivity contribution in [2.45, 2.75) is 5.88 Å². The lowest BCUT2D eigenvalue weighted by Gasteiger charge is -1.93. The minimum absolute atomic E-state index is 0.517. The maximum atomic E-state index is 5.66. The summed E-state index contributed by atoms with van der Waals surface area (Å²) >= 11 is 11.2. The van der Waals surface area contributed by atoms with Gasteiger partial charge in [-0.25, -0.2) is 0 Å². The van der Waals surface area contributed by atoms with Crippen LogP contribution in [0.3, 0.4) is 0 Å². The van der Waals surface area contributed by atoms with E-state index in [1.807, 2.05) is 23.9 Å². The van der Waals surface area contributed by atoms with Crippen LogP contribution in [0, 0.1) is 0 Å². The highest BCUT2D eigenvalue weighted by molar-refractivity contribution is 6.30. The van der Waals surface area contributed by atoms with Crippen molar-refractivity contribution in [3.8, 4) is 0 Å². The van der Waals surface area contributed by atoms with E-state index in [1.54, 1.807) is 0 Å². The first-order valence-electron chi connectivity index (χ1n) is 2.60. The Bertz CT molecular complexity index is 205. The fraction of sp³-hybridized carbons (Fsp3) is 0.333. The normalized spacial score (nSPS) is 10.1. The highest BCUT2D eigenvalue weighted by Gasteiger charge is 1.97. The van der Waals surface area contributed by atoms with Crippen LogP contribution in [0.4, 0.5) is 0 Å². The Morgan fingerprint density at radius 3 is 2.56 bits per heavy atom. The molecule has 0 bridgehead atoms. The average molecular weight is 164 g/mol. The molecule has 1 nitrogen and oxygen atoms in total. The van der Waals surface area contributed by atoms with Crippen molar-refractivity contribution in [1.29, 1.82) is 0 Å². The maximum Gasteiger partial charge on any atom is 0.0627 e. The number of alkyl halides is 1. The molecule has 3 heteroatoms. The molecule has 9 heavy (non-hydrogen) atoms. The number of aryl methyl sites for hydroxylation is 1. The third kappa shape index (κ3) is 1.41. The summed E-state index contributed by atoms with van der Waals surface area (Å²) in [5, 5.41) is 0.744. The van der Waals surface area contributed by atoms with E-state index in [1.165, 1.54) is 0 Å². The lowest BCUT2D eigenvalue weighted by atomic mass is 10.5. The number of nitrogens with zero attached hydrogens (tertiary/aromatic N) is 1. The minimum atomic E-state index is 0.517. The van der Waals surface area contributed by atoms with Gasteiger partial charge in [-0.2, -0.15) is 0 Å². The van der Waals surface area contributed by atoms with E-state index >= 15 is 0 Å². The second-order valence-corrected chi connectivity index (χ2v) is 2.60. The molecule has 0 N–H and O–H groups in total. The van der Waals surface area contributed by atoms with Crippen LogP contribution in [0.25, 0.3) is 0 Å². The summed E-state index contributed by atoms with van der Waals surface area (Å²) in [5.74, 6) is 0.517. The van der Waals surface area contributed by atoms with Gasteiger partial charge in [-0.1, -0.05) is 11.6 Å². The summed E-state index contributed by atoms with van der Waals surface area (Å²) in [4.78, 5) is 0. The van der Waals surface area contributed by atoms with Crippen LogP contribution in [0.15, 0.2) is 12.3 Å². The first kappa shape index (κ1) is 6.97. The van der Waals surface area contributed by atoms with Gasteiger partial charge >= 0.3 is 0 Å². The number of rotatable bonds is 1. The smallest absolute Gasteiger partial charge is 0.0627 e. The summed E-state index contributed by atoms with van der Waals surface area (Å²) < 4.78 is 1.91. The molecular formula is C6H7Cl2N. The predicted octanol–water partition coefficient (Wildman–Crippen LogP) is 2.42. The fourth-order valence-corrected chi connectivity index (χ4v) is 1.24. The first-order chi connectivity index (χ1) is 4.24. The molecular weight excluding hydrogens is 157 g/mol. The van der Waals surface area contributed by atoms with E-state index in [9.17, 15) is 0 Å². The number of halogens is 2. The molecule has 1 rings (SSSR count). The zero-order valence-corrected chi connectivity index (χ0v) is 6.58. The van der Waals surface area contributed by atoms with Crippen LogP contribution in [0.2, 0.25) is 5.02 Å². The summed E-state index contributed by atoms with van der Waals surface area (Å²) in [7, 11) is 1.92. The monoisotopic (exact) mass is 163 g/mol. The van der Waals surface area contributed by atoms with E-state index in [-0.39, 0.29) is 0 Å². The second-order valence-electron chi connectivity index (χ2n) is 1.89. The molecule has 0 aliphatic heterocycles. The van der Waals surface area contributed by atoms with Gasteiger partial charge in [0.05, 0.1) is 10.9 Å². The Morgan fingerprint density at radius 2 is 2.33 bits per heavy atom. The highest BCUT2D eigenvalue weighted by atomic mass is 35.5. The Labute approximate surface area is 64.2 Å².